The van der Waals surface area contributed by atoms with Crippen molar-refractivity contribution in [2.75, 3.05) is 5.75 Å². The highest BCUT2D eigenvalue weighted by Crippen LogP contribution is 2.24. The van der Waals surface area contributed by atoms with Crippen molar-refractivity contribution in [2.24, 2.45) is 5.73 Å². The highest BCUT2D eigenvalue weighted by molar-refractivity contribution is 7.99. The van der Waals surface area contributed by atoms with Crippen LogP contribution in [0.1, 0.15) is 23.7 Å². The molecule has 1 heterocycles. The average Bonchev–Trinajstić information content (AvgIpc) is 2.35. The molecule has 0 spiro atoms. The van der Waals surface area contributed by atoms with Crippen LogP contribution >= 0.6 is 11.8 Å². The molecule has 0 atom stereocenters. The van der Waals surface area contributed by atoms with Crippen LogP contribution in [0.2, 0.25) is 0 Å². The summed E-state index contributed by atoms with van der Waals surface area (Å²) in [6.45, 7) is 2.11. The Hall–Kier alpha value is -1.55. The van der Waals surface area contributed by atoms with Gasteiger partial charge in [-0.05, 0) is 24.3 Å². The lowest BCUT2D eigenvalue weighted by atomic mass is 10.1. The molecule has 1 aromatic carbocycles. The van der Waals surface area contributed by atoms with Crippen molar-refractivity contribution in [3.8, 4) is 0 Å². The van der Waals surface area contributed by atoms with E-state index >= 15 is 0 Å². The monoisotopic (exact) mass is 246 g/mol. The molecule has 0 aliphatic heterocycles. The van der Waals surface area contributed by atoms with Crippen LogP contribution < -0.4 is 5.73 Å². The first-order valence-corrected chi connectivity index (χ1v) is 6.53. The van der Waals surface area contributed by atoms with E-state index in [1.165, 1.54) is 0 Å². The zero-order valence-corrected chi connectivity index (χ0v) is 10.5. The minimum Gasteiger partial charge on any atom is -0.366 e. The second-order valence-electron chi connectivity index (χ2n) is 3.74. The maximum atomic E-state index is 11.4. The van der Waals surface area contributed by atoms with Gasteiger partial charge in [-0.2, -0.15) is 0 Å². The third-order valence-electron chi connectivity index (χ3n) is 2.41. The molecule has 4 heteroatoms. The topological polar surface area (TPSA) is 56.0 Å². The van der Waals surface area contributed by atoms with Crippen LogP contribution in [0.25, 0.3) is 10.9 Å². The summed E-state index contributed by atoms with van der Waals surface area (Å²) in [7, 11) is 0. The number of pyridine rings is 1. The lowest BCUT2D eigenvalue weighted by molar-refractivity contribution is 0.100. The molecule has 0 saturated heterocycles. The third-order valence-corrected chi connectivity index (χ3v) is 3.53. The number of para-hydroxylation sites is 1. The van der Waals surface area contributed by atoms with Crippen LogP contribution in [0.4, 0.5) is 0 Å². The van der Waals surface area contributed by atoms with E-state index in [-0.39, 0.29) is 0 Å². The molecule has 2 N–H and O–H groups in total. The normalized spacial score (nSPS) is 10.6. The van der Waals surface area contributed by atoms with Crippen molar-refractivity contribution in [3.63, 3.8) is 0 Å². The lowest BCUT2D eigenvalue weighted by Gasteiger charge is -2.06. The summed E-state index contributed by atoms with van der Waals surface area (Å²) >= 11 is 1.65. The summed E-state index contributed by atoms with van der Waals surface area (Å²) in [5.74, 6) is 0.589. The Labute approximate surface area is 104 Å². The van der Waals surface area contributed by atoms with Crippen LogP contribution in [0, 0.1) is 0 Å². The fourth-order valence-corrected chi connectivity index (χ4v) is 2.41. The maximum Gasteiger partial charge on any atom is 0.249 e. The van der Waals surface area contributed by atoms with E-state index in [2.05, 4.69) is 11.9 Å². The van der Waals surface area contributed by atoms with Gasteiger partial charge in [0.25, 0.3) is 0 Å². The van der Waals surface area contributed by atoms with Crippen molar-refractivity contribution < 1.29 is 4.79 Å². The van der Waals surface area contributed by atoms with Crippen molar-refractivity contribution in [1.29, 1.82) is 0 Å². The number of hydrogen-bond donors (Lipinski definition) is 1. The number of rotatable bonds is 4. The van der Waals surface area contributed by atoms with Crippen molar-refractivity contribution in [3.05, 3.63) is 35.9 Å². The molecular formula is C13H14N2OS. The van der Waals surface area contributed by atoms with Gasteiger partial charge < -0.3 is 5.73 Å². The van der Waals surface area contributed by atoms with Gasteiger partial charge in [-0.25, -0.2) is 4.98 Å². The quantitative estimate of drug-likeness (QED) is 0.844. The van der Waals surface area contributed by atoms with Gasteiger partial charge in [-0.15, -0.1) is 11.8 Å². The first-order chi connectivity index (χ1) is 8.22. The average molecular weight is 246 g/mol. The van der Waals surface area contributed by atoms with Crippen molar-refractivity contribution in [2.45, 2.75) is 18.4 Å². The zero-order valence-electron chi connectivity index (χ0n) is 9.64. The number of carbonyl (C=O) groups is 1. The fourth-order valence-electron chi connectivity index (χ4n) is 1.64. The number of nitrogens with two attached hydrogens (primary N) is 1. The van der Waals surface area contributed by atoms with E-state index in [9.17, 15) is 4.79 Å². The van der Waals surface area contributed by atoms with Gasteiger partial charge in [0.1, 0.15) is 0 Å². The molecule has 0 bridgehead atoms. The van der Waals surface area contributed by atoms with Crippen LogP contribution in [-0.2, 0) is 0 Å². The summed E-state index contributed by atoms with van der Waals surface area (Å²) in [6.07, 6.45) is 1.07. The first kappa shape index (κ1) is 11.9. The fraction of sp³-hybridized carbons (Fsp3) is 0.231. The highest BCUT2D eigenvalue weighted by atomic mass is 32.2. The molecular weight excluding hydrogens is 232 g/mol. The van der Waals surface area contributed by atoms with Crippen molar-refractivity contribution >= 4 is 28.6 Å². The summed E-state index contributed by atoms with van der Waals surface area (Å²) in [4.78, 5) is 15.9. The van der Waals surface area contributed by atoms with E-state index in [1.807, 2.05) is 24.3 Å². The van der Waals surface area contributed by atoms with E-state index < -0.39 is 5.91 Å². The van der Waals surface area contributed by atoms with Crippen LogP contribution in [0.15, 0.2) is 35.4 Å². The minimum absolute atomic E-state index is 0.401. The Bertz CT molecular complexity index is 554. The van der Waals surface area contributed by atoms with Gasteiger partial charge in [0.2, 0.25) is 5.91 Å². The van der Waals surface area contributed by atoms with Crippen LogP contribution in [-0.4, -0.2) is 16.6 Å². The largest absolute Gasteiger partial charge is 0.366 e. The number of thioether (sulfide) groups is 1. The second kappa shape index (κ2) is 5.19. The van der Waals surface area contributed by atoms with Gasteiger partial charge in [0.15, 0.2) is 0 Å². The van der Waals surface area contributed by atoms with Gasteiger partial charge in [0.05, 0.1) is 16.1 Å². The number of benzene rings is 1. The number of primary amides is 1. The predicted octanol–water partition coefficient (Wildman–Crippen LogP) is 2.84. The van der Waals surface area contributed by atoms with Gasteiger partial charge in [-0.1, -0.05) is 25.1 Å². The smallest absolute Gasteiger partial charge is 0.249 e. The van der Waals surface area contributed by atoms with E-state index in [0.717, 1.165) is 28.1 Å². The maximum absolute atomic E-state index is 11.4. The Morgan fingerprint density at radius 3 is 2.88 bits per heavy atom. The third kappa shape index (κ3) is 2.58. The molecule has 2 aromatic rings. The van der Waals surface area contributed by atoms with E-state index in [4.69, 9.17) is 5.73 Å². The summed E-state index contributed by atoms with van der Waals surface area (Å²) < 4.78 is 0. The molecule has 17 heavy (non-hydrogen) atoms. The number of aromatic nitrogens is 1. The molecule has 0 saturated carbocycles. The SMILES string of the molecule is CCCSc1cc(C(N)=O)c2ccccc2n1. The van der Waals surface area contributed by atoms with Gasteiger partial charge in [0, 0.05) is 5.39 Å². The number of carbonyl (C=O) groups excluding carboxylic acids is 1. The Kier molecular flexibility index (Phi) is 3.64. The molecule has 0 fully saturated rings. The molecule has 0 radical (unpaired) electrons. The van der Waals surface area contributed by atoms with E-state index in [0.29, 0.717) is 5.56 Å². The summed E-state index contributed by atoms with van der Waals surface area (Å²) in [6, 6.07) is 9.35. The Balaban J connectivity index is 2.55. The molecule has 88 valence electrons. The molecule has 2 rings (SSSR count). The Morgan fingerprint density at radius 1 is 1.41 bits per heavy atom. The van der Waals surface area contributed by atoms with E-state index in [1.54, 1.807) is 17.8 Å². The summed E-state index contributed by atoms with van der Waals surface area (Å²) in [5, 5.41) is 1.68. The van der Waals surface area contributed by atoms with Gasteiger partial charge in [-0.3, -0.25) is 4.79 Å². The minimum atomic E-state index is -0.401. The molecule has 1 amide bonds. The Morgan fingerprint density at radius 2 is 2.18 bits per heavy atom. The number of hydrogen-bond acceptors (Lipinski definition) is 3. The number of amides is 1. The molecule has 0 aliphatic carbocycles. The van der Waals surface area contributed by atoms with Gasteiger partial charge >= 0.3 is 0 Å². The second-order valence-corrected chi connectivity index (χ2v) is 4.85. The number of fused-ring (bicyclic) bond motifs is 1. The predicted molar refractivity (Wildman–Crippen MR) is 71.3 cm³/mol. The molecule has 3 nitrogen and oxygen atoms in total. The lowest BCUT2D eigenvalue weighted by Crippen LogP contribution is -2.12. The highest BCUT2D eigenvalue weighted by Gasteiger charge is 2.09. The zero-order chi connectivity index (χ0) is 12.3. The molecule has 0 unspecified atom stereocenters. The van der Waals surface area contributed by atoms with Crippen LogP contribution in [0.3, 0.4) is 0 Å². The molecule has 0 aliphatic rings. The summed E-state index contributed by atoms with van der Waals surface area (Å²) in [5.41, 5.74) is 6.77. The standard InChI is InChI=1S/C13H14N2OS/c1-2-7-17-12-8-10(13(14)16)9-5-3-4-6-11(9)15-12/h3-6,8H,2,7H2,1H3,(H2,14,16). The van der Waals surface area contributed by atoms with Crippen molar-refractivity contribution in [1.82, 2.24) is 4.98 Å². The number of nitrogens with zero attached hydrogens (tertiary/aromatic N) is 1. The van der Waals surface area contributed by atoms with Crippen LogP contribution in [0.5, 0.6) is 0 Å². The molecule has 1 aromatic heterocycles. The first-order valence-electron chi connectivity index (χ1n) is 5.54.